The van der Waals surface area contributed by atoms with Gasteiger partial charge in [-0.3, -0.25) is 0 Å². The monoisotopic (exact) mass is 270 g/mol. The van der Waals surface area contributed by atoms with Gasteiger partial charge in [0.1, 0.15) is 4.60 Å². The van der Waals surface area contributed by atoms with Gasteiger partial charge in [0, 0.05) is 13.2 Å². The van der Waals surface area contributed by atoms with Crippen LogP contribution in [0.2, 0.25) is 0 Å². The highest BCUT2D eigenvalue weighted by Gasteiger charge is 2.15. The summed E-state index contributed by atoms with van der Waals surface area (Å²) in [5.74, 6) is 0. The van der Waals surface area contributed by atoms with Gasteiger partial charge in [0.05, 0.1) is 17.5 Å². The molecule has 2 heterocycles. The zero-order valence-corrected chi connectivity index (χ0v) is 10.4. The average molecular weight is 271 g/mol. The van der Waals surface area contributed by atoms with Crippen molar-refractivity contribution in [2.75, 3.05) is 18.5 Å². The second-order valence-electron chi connectivity index (χ2n) is 3.78. The third-order valence-corrected chi connectivity index (χ3v) is 3.04. The van der Waals surface area contributed by atoms with Crippen molar-refractivity contribution in [2.24, 2.45) is 0 Å². The molecule has 1 aromatic heterocycles. The second kappa shape index (κ2) is 4.94. The fourth-order valence-electron chi connectivity index (χ4n) is 1.75. The van der Waals surface area contributed by atoms with Crippen LogP contribution in [0.3, 0.4) is 0 Å². The van der Waals surface area contributed by atoms with Crippen molar-refractivity contribution >= 4 is 21.6 Å². The van der Waals surface area contributed by atoms with Crippen LogP contribution in [-0.4, -0.2) is 24.2 Å². The molecule has 2 rings (SSSR count). The minimum absolute atomic E-state index is 0.369. The quantitative estimate of drug-likeness (QED) is 0.858. The van der Waals surface area contributed by atoms with E-state index in [0.717, 1.165) is 35.6 Å². The van der Waals surface area contributed by atoms with Crippen molar-refractivity contribution in [3.63, 3.8) is 0 Å². The predicted octanol–water partition coefficient (Wildman–Crippen LogP) is 2.74. The zero-order chi connectivity index (χ0) is 10.7. The molecule has 0 spiro atoms. The minimum atomic E-state index is 0.369. The van der Waals surface area contributed by atoms with Gasteiger partial charge in [-0.15, -0.1) is 0 Å². The Kier molecular flexibility index (Phi) is 3.59. The predicted molar refractivity (Wildman–Crippen MR) is 64.1 cm³/mol. The van der Waals surface area contributed by atoms with Gasteiger partial charge in [-0.1, -0.05) is 0 Å². The van der Waals surface area contributed by atoms with Gasteiger partial charge < -0.3 is 10.1 Å². The van der Waals surface area contributed by atoms with Gasteiger partial charge in [0.15, 0.2) is 0 Å². The Morgan fingerprint density at radius 1 is 1.60 bits per heavy atom. The number of ether oxygens (including phenoxy) is 1. The number of nitrogens with zero attached hydrogens (tertiary/aromatic N) is 1. The van der Waals surface area contributed by atoms with E-state index in [1.165, 1.54) is 6.42 Å². The molecule has 0 bridgehead atoms. The molecule has 0 radical (unpaired) electrons. The van der Waals surface area contributed by atoms with Gasteiger partial charge in [-0.2, -0.15) is 0 Å². The van der Waals surface area contributed by atoms with E-state index in [2.05, 4.69) is 26.2 Å². The molecule has 1 aromatic rings. The first-order chi connectivity index (χ1) is 7.25. The Bertz CT molecular complexity index is 337. The molecule has 0 aliphatic carbocycles. The molecule has 0 saturated carbocycles. The summed E-state index contributed by atoms with van der Waals surface area (Å²) >= 11 is 3.35. The normalized spacial score (nSPS) is 20.5. The number of hydrogen-bond acceptors (Lipinski definition) is 3. The van der Waals surface area contributed by atoms with Crippen LogP contribution < -0.4 is 5.32 Å². The lowest BCUT2D eigenvalue weighted by atomic mass is 10.2. The van der Waals surface area contributed by atoms with Crippen molar-refractivity contribution in [3.8, 4) is 0 Å². The van der Waals surface area contributed by atoms with Crippen LogP contribution in [0, 0.1) is 6.92 Å². The minimum Gasteiger partial charge on any atom is -0.381 e. The zero-order valence-electron chi connectivity index (χ0n) is 8.79. The van der Waals surface area contributed by atoms with Crippen molar-refractivity contribution in [1.82, 2.24) is 4.98 Å². The molecule has 3 nitrogen and oxygen atoms in total. The second-order valence-corrected chi connectivity index (χ2v) is 4.60. The molecule has 1 aliphatic rings. The van der Waals surface area contributed by atoms with Crippen molar-refractivity contribution < 1.29 is 4.74 Å². The van der Waals surface area contributed by atoms with E-state index in [4.69, 9.17) is 4.74 Å². The lowest BCUT2D eigenvalue weighted by molar-refractivity contribution is 0.120. The number of anilines is 1. The number of halogens is 1. The Balaban J connectivity index is 1.92. The smallest absolute Gasteiger partial charge is 0.106 e. The van der Waals surface area contributed by atoms with E-state index in [0.29, 0.717) is 6.10 Å². The maximum absolute atomic E-state index is 5.55. The average Bonchev–Trinajstić information content (AvgIpc) is 2.69. The highest BCUT2D eigenvalue weighted by atomic mass is 79.9. The summed E-state index contributed by atoms with van der Waals surface area (Å²) in [6.45, 7) is 3.79. The molecule has 0 aromatic carbocycles. The highest BCUT2D eigenvalue weighted by Crippen LogP contribution is 2.18. The van der Waals surface area contributed by atoms with Crippen LogP contribution in [-0.2, 0) is 4.74 Å². The Morgan fingerprint density at radius 3 is 3.13 bits per heavy atom. The van der Waals surface area contributed by atoms with Crippen LogP contribution in [0.5, 0.6) is 0 Å². The third kappa shape index (κ3) is 2.92. The summed E-state index contributed by atoms with van der Waals surface area (Å²) < 4.78 is 6.42. The van der Waals surface area contributed by atoms with Gasteiger partial charge in [0.25, 0.3) is 0 Å². The lowest BCUT2D eigenvalue weighted by Gasteiger charge is -2.13. The maximum Gasteiger partial charge on any atom is 0.106 e. The van der Waals surface area contributed by atoms with E-state index >= 15 is 0 Å². The van der Waals surface area contributed by atoms with Gasteiger partial charge in [-0.05, 0) is 47.8 Å². The summed E-state index contributed by atoms with van der Waals surface area (Å²) in [4.78, 5) is 4.33. The van der Waals surface area contributed by atoms with E-state index in [-0.39, 0.29) is 0 Å². The molecule has 1 saturated heterocycles. The summed E-state index contributed by atoms with van der Waals surface area (Å²) in [5.41, 5.74) is 2.11. The molecule has 1 N–H and O–H groups in total. The molecular weight excluding hydrogens is 256 g/mol. The largest absolute Gasteiger partial charge is 0.381 e. The molecule has 1 aliphatic heterocycles. The molecule has 4 heteroatoms. The molecule has 0 amide bonds. The maximum atomic E-state index is 5.55. The Hall–Kier alpha value is -0.610. The summed E-state index contributed by atoms with van der Waals surface area (Å²) in [6, 6.07) is 3.99. The SMILES string of the molecule is Cc1nc(Br)ccc1NCC1CCCO1. The van der Waals surface area contributed by atoms with Gasteiger partial charge in [0.2, 0.25) is 0 Å². The fourth-order valence-corrected chi connectivity index (χ4v) is 2.14. The number of aromatic nitrogens is 1. The number of pyridine rings is 1. The Morgan fingerprint density at radius 2 is 2.47 bits per heavy atom. The van der Waals surface area contributed by atoms with Crippen LogP contribution >= 0.6 is 15.9 Å². The first kappa shape index (κ1) is 10.9. The van der Waals surface area contributed by atoms with Gasteiger partial charge in [-0.25, -0.2) is 4.98 Å². The molecule has 1 atom stereocenters. The third-order valence-electron chi connectivity index (χ3n) is 2.60. The van der Waals surface area contributed by atoms with Crippen LogP contribution in [0.1, 0.15) is 18.5 Å². The van der Waals surface area contributed by atoms with Crippen molar-refractivity contribution in [3.05, 3.63) is 22.4 Å². The highest BCUT2D eigenvalue weighted by molar-refractivity contribution is 9.10. The van der Waals surface area contributed by atoms with Crippen molar-refractivity contribution in [2.45, 2.75) is 25.9 Å². The standard InChI is InChI=1S/C11H15BrN2O/c1-8-10(4-5-11(12)14-8)13-7-9-3-2-6-15-9/h4-5,9,13H,2-3,6-7H2,1H3. The molecule has 1 fully saturated rings. The van der Waals surface area contributed by atoms with Crippen LogP contribution in [0.25, 0.3) is 0 Å². The van der Waals surface area contributed by atoms with E-state index < -0.39 is 0 Å². The topological polar surface area (TPSA) is 34.2 Å². The summed E-state index contributed by atoms with van der Waals surface area (Å²) in [7, 11) is 0. The molecule has 1 unspecified atom stereocenters. The van der Waals surface area contributed by atoms with Crippen LogP contribution in [0.15, 0.2) is 16.7 Å². The van der Waals surface area contributed by atoms with Crippen molar-refractivity contribution in [1.29, 1.82) is 0 Å². The van der Waals surface area contributed by atoms with E-state index in [1.54, 1.807) is 0 Å². The molecule has 15 heavy (non-hydrogen) atoms. The summed E-state index contributed by atoms with van der Waals surface area (Å²) in [5, 5.41) is 3.37. The molecular formula is C11H15BrN2O. The lowest BCUT2D eigenvalue weighted by Crippen LogP contribution is -2.18. The van der Waals surface area contributed by atoms with E-state index in [1.807, 2.05) is 19.1 Å². The Labute approximate surface area is 98.4 Å². The first-order valence-electron chi connectivity index (χ1n) is 5.24. The number of nitrogens with one attached hydrogen (secondary N) is 1. The van der Waals surface area contributed by atoms with Crippen LogP contribution in [0.4, 0.5) is 5.69 Å². The van der Waals surface area contributed by atoms with Gasteiger partial charge >= 0.3 is 0 Å². The number of aryl methyl sites for hydroxylation is 1. The number of hydrogen-bond donors (Lipinski definition) is 1. The molecule has 82 valence electrons. The van der Waals surface area contributed by atoms with E-state index in [9.17, 15) is 0 Å². The fraction of sp³-hybridized carbons (Fsp3) is 0.545. The first-order valence-corrected chi connectivity index (χ1v) is 6.03. The number of rotatable bonds is 3. The summed E-state index contributed by atoms with van der Waals surface area (Å²) in [6.07, 6.45) is 2.72.